The molecule has 2 unspecified atom stereocenters. The lowest BCUT2D eigenvalue weighted by molar-refractivity contribution is 0.104. The Hall–Kier alpha value is -1.17. The Bertz CT molecular complexity index is 440. The molecule has 1 saturated heterocycles. The molecule has 5 heteroatoms. The molecule has 2 heterocycles. The van der Waals surface area contributed by atoms with Gasteiger partial charge in [0.15, 0.2) is 0 Å². The molecule has 2 N–H and O–H groups in total. The number of aromatic nitrogens is 1. The maximum Gasteiger partial charge on any atom is 0.137 e. The maximum absolute atomic E-state index is 6.39. The van der Waals surface area contributed by atoms with E-state index >= 15 is 0 Å². The van der Waals surface area contributed by atoms with Gasteiger partial charge in [0.25, 0.3) is 0 Å². The van der Waals surface area contributed by atoms with Crippen LogP contribution in [0.2, 0.25) is 0 Å². The molecule has 0 bridgehead atoms. The van der Waals surface area contributed by atoms with Gasteiger partial charge < -0.3 is 20.3 Å². The van der Waals surface area contributed by atoms with Gasteiger partial charge in [0.2, 0.25) is 0 Å². The van der Waals surface area contributed by atoms with Crippen LogP contribution >= 0.6 is 0 Å². The van der Waals surface area contributed by atoms with Gasteiger partial charge in [0.05, 0.1) is 12.8 Å². The molecule has 0 saturated carbocycles. The van der Waals surface area contributed by atoms with Crippen molar-refractivity contribution in [1.29, 1.82) is 0 Å². The van der Waals surface area contributed by atoms with Crippen molar-refractivity contribution < 1.29 is 4.74 Å². The normalized spacial score (nSPS) is 22.2. The van der Waals surface area contributed by atoms with E-state index in [1.165, 1.54) is 0 Å². The zero-order chi connectivity index (χ0) is 15.2. The van der Waals surface area contributed by atoms with Crippen LogP contribution in [-0.4, -0.2) is 61.2 Å². The Balaban J connectivity index is 1.97. The molecule has 118 valence electrons. The first-order chi connectivity index (χ1) is 10.1. The summed E-state index contributed by atoms with van der Waals surface area (Å²) in [5.74, 6) is 0.818. The highest BCUT2D eigenvalue weighted by Crippen LogP contribution is 2.22. The molecule has 1 aromatic rings. The number of rotatable bonds is 6. The fourth-order valence-electron chi connectivity index (χ4n) is 2.72. The molecular formula is C16H28N4O. The topological polar surface area (TPSA) is 54.6 Å². The first kappa shape index (κ1) is 16.2. The highest BCUT2D eigenvalue weighted by molar-refractivity contribution is 5.26. The molecule has 0 amide bonds. The van der Waals surface area contributed by atoms with E-state index in [4.69, 9.17) is 10.5 Å². The van der Waals surface area contributed by atoms with Crippen LogP contribution in [0, 0.1) is 0 Å². The molecule has 5 nitrogen and oxygen atoms in total. The van der Waals surface area contributed by atoms with Gasteiger partial charge >= 0.3 is 0 Å². The monoisotopic (exact) mass is 292 g/mol. The molecule has 0 radical (unpaired) electrons. The molecule has 2 atom stereocenters. The average Bonchev–Trinajstić information content (AvgIpc) is 2.49. The van der Waals surface area contributed by atoms with Gasteiger partial charge in [0, 0.05) is 37.9 Å². The summed E-state index contributed by atoms with van der Waals surface area (Å²) in [6, 6.07) is 2.53. The lowest BCUT2D eigenvalue weighted by atomic mass is 9.99. The highest BCUT2D eigenvalue weighted by atomic mass is 16.5. The average molecular weight is 292 g/mol. The number of hydrogen-bond donors (Lipinski definition) is 1. The van der Waals surface area contributed by atoms with Crippen LogP contribution in [0.1, 0.15) is 31.4 Å². The van der Waals surface area contributed by atoms with Crippen LogP contribution in [0.5, 0.6) is 5.75 Å². The lowest BCUT2D eigenvalue weighted by Gasteiger charge is -2.38. The van der Waals surface area contributed by atoms with Crippen molar-refractivity contribution in [3.05, 3.63) is 24.0 Å². The molecule has 0 aliphatic carbocycles. The quantitative estimate of drug-likeness (QED) is 0.861. The second-order valence-electron chi connectivity index (χ2n) is 6.04. The van der Waals surface area contributed by atoms with E-state index in [1.54, 1.807) is 6.20 Å². The van der Waals surface area contributed by atoms with Crippen LogP contribution < -0.4 is 10.5 Å². The van der Waals surface area contributed by atoms with E-state index in [0.29, 0.717) is 6.04 Å². The zero-order valence-electron chi connectivity index (χ0n) is 13.5. The molecular weight excluding hydrogens is 264 g/mol. The van der Waals surface area contributed by atoms with E-state index in [2.05, 4.69) is 35.8 Å². The van der Waals surface area contributed by atoms with Crippen molar-refractivity contribution >= 4 is 0 Å². The third-order valence-corrected chi connectivity index (χ3v) is 4.14. The summed E-state index contributed by atoms with van der Waals surface area (Å²) >= 11 is 0. The number of piperazine rings is 1. The largest absolute Gasteiger partial charge is 0.492 e. The Morgan fingerprint density at radius 2 is 2.19 bits per heavy atom. The third-order valence-electron chi connectivity index (χ3n) is 4.14. The van der Waals surface area contributed by atoms with Gasteiger partial charge in [-0.15, -0.1) is 0 Å². The third kappa shape index (κ3) is 4.66. The number of hydrogen-bond acceptors (Lipinski definition) is 5. The Labute approximate surface area is 128 Å². The van der Waals surface area contributed by atoms with E-state index in [9.17, 15) is 0 Å². The fraction of sp³-hybridized carbons (Fsp3) is 0.688. The molecule has 0 aromatic carbocycles. The van der Waals surface area contributed by atoms with Crippen molar-refractivity contribution in [2.75, 3.05) is 40.3 Å². The smallest absolute Gasteiger partial charge is 0.137 e. The number of ether oxygens (including phenoxy) is 1. The van der Waals surface area contributed by atoms with Crippen LogP contribution in [0.25, 0.3) is 0 Å². The van der Waals surface area contributed by atoms with Crippen molar-refractivity contribution in [3.63, 3.8) is 0 Å². The van der Waals surface area contributed by atoms with Crippen LogP contribution in [0.4, 0.5) is 0 Å². The Morgan fingerprint density at radius 1 is 1.38 bits per heavy atom. The van der Waals surface area contributed by atoms with E-state index in [-0.39, 0.29) is 6.04 Å². The van der Waals surface area contributed by atoms with Gasteiger partial charge in [-0.1, -0.05) is 6.92 Å². The van der Waals surface area contributed by atoms with Gasteiger partial charge in [-0.25, -0.2) is 0 Å². The zero-order valence-corrected chi connectivity index (χ0v) is 13.5. The minimum absolute atomic E-state index is 0.00151. The number of likely N-dealkylation sites (N-methyl/N-ethyl adjacent to an activating group) is 2. The highest BCUT2D eigenvalue weighted by Gasteiger charge is 2.24. The second-order valence-corrected chi connectivity index (χ2v) is 6.04. The standard InChI is InChI=1S/C16H28N4O/c1-4-7-21-15-8-13(10-18-11-15)16(17)9-14-12-19(2)5-6-20(14)3/h8,10-11,14,16H,4-7,9,12,17H2,1-3H3. The molecule has 1 fully saturated rings. The number of pyridine rings is 1. The molecule has 2 rings (SSSR count). The maximum atomic E-state index is 6.39. The predicted octanol–water partition coefficient (Wildman–Crippen LogP) is 1.51. The molecule has 0 spiro atoms. The summed E-state index contributed by atoms with van der Waals surface area (Å²) in [5.41, 5.74) is 7.45. The predicted molar refractivity (Wildman–Crippen MR) is 85.5 cm³/mol. The summed E-state index contributed by atoms with van der Waals surface area (Å²) in [6.07, 6.45) is 5.55. The summed E-state index contributed by atoms with van der Waals surface area (Å²) < 4.78 is 5.64. The fourth-order valence-corrected chi connectivity index (χ4v) is 2.72. The molecule has 1 aromatic heterocycles. The minimum Gasteiger partial charge on any atom is -0.492 e. The number of nitrogens with two attached hydrogens (primary N) is 1. The minimum atomic E-state index is 0.00151. The Kier molecular flexibility index (Phi) is 5.96. The summed E-state index contributed by atoms with van der Waals surface area (Å²) in [6.45, 7) is 6.12. The van der Waals surface area contributed by atoms with Crippen molar-refractivity contribution in [3.8, 4) is 5.75 Å². The van der Waals surface area contributed by atoms with E-state index in [0.717, 1.165) is 50.4 Å². The van der Waals surface area contributed by atoms with Crippen molar-refractivity contribution in [1.82, 2.24) is 14.8 Å². The van der Waals surface area contributed by atoms with Gasteiger partial charge in [-0.2, -0.15) is 0 Å². The van der Waals surface area contributed by atoms with Gasteiger partial charge in [0.1, 0.15) is 5.75 Å². The molecule has 21 heavy (non-hydrogen) atoms. The summed E-state index contributed by atoms with van der Waals surface area (Å²) in [5, 5.41) is 0. The lowest BCUT2D eigenvalue weighted by Crippen LogP contribution is -2.50. The molecule has 1 aliphatic heterocycles. The second kappa shape index (κ2) is 7.73. The van der Waals surface area contributed by atoms with Crippen LogP contribution in [-0.2, 0) is 0 Å². The number of nitrogens with zero attached hydrogens (tertiary/aromatic N) is 3. The van der Waals surface area contributed by atoms with Gasteiger partial charge in [-0.05, 0) is 38.6 Å². The van der Waals surface area contributed by atoms with Crippen molar-refractivity contribution in [2.24, 2.45) is 5.73 Å². The Morgan fingerprint density at radius 3 is 2.95 bits per heavy atom. The van der Waals surface area contributed by atoms with E-state index < -0.39 is 0 Å². The van der Waals surface area contributed by atoms with Crippen LogP contribution in [0.3, 0.4) is 0 Å². The first-order valence-corrected chi connectivity index (χ1v) is 7.82. The first-order valence-electron chi connectivity index (χ1n) is 7.82. The van der Waals surface area contributed by atoms with Crippen molar-refractivity contribution in [2.45, 2.75) is 31.8 Å². The SMILES string of the molecule is CCCOc1cncc(C(N)CC2CN(C)CCN2C)c1. The van der Waals surface area contributed by atoms with E-state index in [1.807, 2.05) is 12.3 Å². The molecule has 1 aliphatic rings. The summed E-state index contributed by atoms with van der Waals surface area (Å²) in [7, 11) is 4.36. The van der Waals surface area contributed by atoms with Crippen LogP contribution in [0.15, 0.2) is 18.5 Å². The summed E-state index contributed by atoms with van der Waals surface area (Å²) in [4.78, 5) is 9.04. The van der Waals surface area contributed by atoms with Gasteiger partial charge in [-0.3, -0.25) is 4.98 Å².